The number of aromatic nitrogens is 3. The highest BCUT2D eigenvalue weighted by Gasteiger charge is 2.14. The lowest BCUT2D eigenvalue weighted by Crippen LogP contribution is -2.14. The molecule has 0 aliphatic carbocycles. The minimum atomic E-state index is 0.0920. The first kappa shape index (κ1) is 13.7. The van der Waals surface area contributed by atoms with E-state index in [1.54, 1.807) is 4.90 Å². The zero-order valence-corrected chi connectivity index (χ0v) is 12.3. The molecule has 0 atom stereocenters. The van der Waals surface area contributed by atoms with Crippen molar-refractivity contribution >= 4 is 17.5 Å². The molecule has 1 aromatic carbocycles. The van der Waals surface area contributed by atoms with Crippen LogP contribution in [0.4, 0.5) is 5.95 Å². The lowest BCUT2D eigenvalue weighted by atomic mass is 10.2. The second-order valence-corrected chi connectivity index (χ2v) is 4.90. The average molecular weight is 309 g/mol. The molecule has 7 nitrogen and oxygen atoms in total. The van der Waals surface area contributed by atoms with Crippen LogP contribution in [0.3, 0.4) is 0 Å². The molecule has 21 heavy (non-hydrogen) atoms. The Bertz CT molecular complexity index is 666. The lowest BCUT2D eigenvalue weighted by molar-refractivity contribution is 0.174. The first-order valence-electron chi connectivity index (χ1n) is 6.22. The van der Waals surface area contributed by atoms with Gasteiger partial charge in [0.25, 0.3) is 0 Å². The van der Waals surface area contributed by atoms with Gasteiger partial charge in [-0.15, -0.1) is 0 Å². The summed E-state index contributed by atoms with van der Waals surface area (Å²) < 4.78 is 16.1. The minimum Gasteiger partial charge on any atom is -0.458 e. The van der Waals surface area contributed by atoms with Gasteiger partial charge in [0, 0.05) is 14.1 Å². The van der Waals surface area contributed by atoms with Crippen molar-refractivity contribution in [2.75, 3.05) is 25.8 Å². The molecule has 0 saturated heterocycles. The second-order valence-electron chi connectivity index (χ2n) is 4.56. The molecule has 0 saturated carbocycles. The molecule has 110 valence electrons. The summed E-state index contributed by atoms with van der Waals surface area (Å²) in [5.41, 5.74) is 0.919. The van der Waals surface area contributed by atoms with Crippen molar-refractivity contribution in [2.45, 2.75) is 6.61 Å². The summed E-state index contributed by atoms with van der Waals surface area (Å²) in [4.78, 5) is 13.8. The monoisotopic (exact) mass is 308 g/mol. The SMILES string of the molecule is CN(C)c1nc(Cl)nc(OCc2ccc3c(c2)OCO3)n1. The molecule has 1 aliphatic heterocycles. The van der Waals surface area contributed by atoms with Crippen LogP contribution in [0.25, 0.3) is 0 Å². The molecule has 0 fully saturated rings. The number of rotatable bonds is 4. The van der Waals surface area contributed by atoms with E-state index >= 15 is 0 Å². The number of nitrogens with zero attached hydrogens (tertiary/aromatic N) is 4. The molecule has 0 bridgehead atoms. The number of fused-ring (bicyclic) bond motifs is 1. The number of hydrogen-bond acceptors (Lipinski definition) is 7. The molecule has 3 rings (SSSR count). The maximum atomic E-state index is 5.85. The number of anilines is 1. The van der Waals surface area contributed by atoms with Gasteiger partial charge in [0.1, 0.15) is 6.61 Å². The van der Waals surface area contributed by atoms with Crippen LogP contribution in [0.15, 0.2) is 18.2 Å². The van der Waals surface area contributed by atoms with Crippen LogP contribution in [-0.2, 0) is 6.61 Å². The first-order valence-corrected chi connectivity index (χ1v) is 6.60. The van der Waals surface area contributed by atoms with E-state index in [2.05, 4.69) is 15.0 Å². The summed E-state index contributed by atoms with van der Waals surface area (Å²) in [5, 5.41) is 0.0920. The molecule has 1 aromatic heterocycles. The molecule has 0 radical (unpaired) electrons. The van der Waals surface area contributed by atoms with E-state index in [0.29, 0.717) is 18.3 Å². The maximum absolute atomic E-state index is 5.85. The van der Waals surface area contributed by atoms with Crippen LogP contribution in [0.1, 0.15) is 5.56 Å². The molecule has 2 aromatic rings. The largest absolute Gasteiger partial charge is 0.458 e. The Labute approximate surface area is 126 Å². The first-order chi connectivity index (χ1) is 10.1. The predicted octanol–water partition coefficient (Wildman–Crippen LogP) is 1.90. The minimum absolute atomic E-state index is 0.0920. The van der Waals surface area contributed by atoms with E-state index in [0.717, 1.165) is 11.3 Å². The number of ether oxygens (including phenoxy) is 3. The van der Waals surface area contributed by atoms with E-state index in [4.69, 9.17) is 25.8 Å². The molecule has 0 spiro atoms. The molecular weight excluding hydrogens is 296 g/mol. The van der Waals surface area contributed by atoms with Crippen molar-refractivity contribution in [2.24, 2.45) is 0 Å². The second kappa shape index (κ2) is 5.61. The van der Waals surface area contributed by atoms with Crippen molar-refractivity contribution < 1.29 is 14.2 Å². The molecular formula is C13H13ClN4O3. The Morgan fingerprint density at radius 3 is 2.81 bits per heavy atom. The smallest absolute Gasteiger partial charge is 0.322 e. The summed E-state index contributed by atoms with van der Waals surface area (Å²) >= 11 is 5.85. The Kier molecular flexibility index (Phi) is 3.66. The third kappa shape index (κ3) is 3.08. The summed E-state index contributed by atoms with van der Waals surface area (Å²) in [7, 11) is 3.63. The van der Waals surface area contributed by atoms with Crippen LogP contribution in [-0.4, -0.2) is 35.8 Å². The van der Waals surface area contributed by atoms with Gasteiger partial charge >= 0.3 is 6.01 Å². The van der Waals surface area contributed by atoms with Gasteiger partial charge < -0.3 is 19.1 Å². The van der Waals surface area contributed by atoms with Gasteiger partial charge in [-0.1, -0.05) is 6.07 Å². The van der Waals surface area contributed by atoms with E-state index in [-0.39, 0.29) is 18.1 Å². The highest BCUT2D eigenvalue weighted by molar-refractivity contribution is 6.28. The van der Waals surface area contributed by atoms with E-state index < -0.39 is 0 Å². The molecule has 0 amide bonds. The molecule has 0 unspecified atom stereocenters. The van der Waals surface area contributed by atoms with E-state index in [1.165, 1.54) is 0 Å². The van der Waals surface area contributed by atoms with Gasteiger partial charge in [-0.2, -0.15) is 15.0 Å². The fourth-order valence-corrected chi connectivity index (χ4v) is 1.91. The van der Waals surface area contributed by atoms with Gasteiger partial charge in [0.15, 0.2) is 11.5 Å². The Morgan fingerprint density at radius 1 is 1.19 bits per heavy atom. The molecule has 1 aliphatic rings. The number of hydrogen-bond donors (Lipinski definition) is 0. The molecule has 8 heteroatoms. The van der Waals surface area contributed by atoms with Gasteiger partial charge in [-0.3, -0.25) is 0 Å². The fraction of sp³-hybridized carbons (Fsp3) is 0.308. The average Bonchev–Trinajstić information content (AvgIpc) is 2.92. The van der Waals surface area contributed by atoms with Crippen molar-refractivity contribution in [1.29, 1.82) is 0 Å². The highest BCUT2D eigenvalue weighted by atomic mass is 35.5. The van der Waals surface area contributed by atoms with Gasteiger partial charge in [-0.25, -0.2) is 0 Å². The summed E-state index contributed by atoms with van der Waals surface area (Å²) in [6.45, 7) is 0.540. The van der Waals surface area contributed by atoms with E-state index in [9.17, 15) is 0 Å². The van der Waals surface area contributed by atoms with Crippen molar-refractivity contribution in [3.63, 3.8) is 0 Å². The van der Waals surface area contributed by atoms with Crippen molar-refractivity contribution in [3.8, 4) is 17.5 Å². The fourth-order valence-electron chi connectivity index (χ4n) is 1.77. The van der Waals surface area contributed by atoms with Gasteiger partial charge in [0.05, 0.1) is 0 Å². The Morgan fingerprint density at radius 2 is 2.00 bits per heavy atom. The van der Waals surface area contributed by atoms with Crippen LogP contribution in [0, 0.1) is 0 Å². The van der Waals surface area contributed by atoms with E-state index in [1.807, 2.05) is 32.3 Å². The highest BCUT2D eigenvalue weighted by Crippen LogP contribution is 2.32. The number of benzene rings is 1. The standard InChI is InChI=1S/C13H13ClN4O3/c1-18(2)12-15-11(14)16-13(17-12)19-6-8-3-4-9-10(5-8)21-7-20-9/h3-5H,6-7H2,1-2H3. The topological polar surface area (TPSA) is 69.6 Å². The van der Waals surface area contributed by atoms with Crippen LogP contribution < -0.4 is 19.1 Å². The van der Waals surface area contributed by atoms with Gasteiger partial charge in [0.2, 0.25) is 18.0 Å². The Hall–Kier alpha value is -2.28. The normalized spacial score (nSPS) is 12.3. The van der Waals surface area contributed by atoms with Crippen LogP contribution >= 0.6 is 11.6 Å². The van der Waals surface area contributed by atoms with Crippen LogP contribution in [0.2, 0.25) is 5.28 Å². The third-order valence-corrected chi connectivity index (χ3v) is 2.95. The quantitative estimate of drug-likeness (QED) is 0.854. The zero-order valence-electron chi connectivity index (χ0n) is 11.5. The van der Waals surface area contributed by atoms with Crippen LogP contribution in [0.5, 0.6) is 17.5 Å². The third-order valence-electron chi connectivity index (χ3n) is 2.78. The summed E-state index contributed by atoms with van der Waals surface area (Å²) in [5.74, 6) is 1.88. The van der Waals surface area contributed by atoms with Gasteiger partial charge in [-0.05, 0) is 29.3 Å². The summed E-state index contributed by atoms with van der Waals surface area (Å²) in [6, 6.07) is 5.77. The van der Waals surface area contributed by atoms with Crippen molar-refractivity contribution in [1.82, 2.24) is 15.0 Å². The molecule has 0 N–H and O–H groups in total. The lowest BCUT2D eigenvalue weighted by Gasteiger charge is -2.11. The molecule has 2 heterocycles. The zero-order chi connectivity index (χ0) is 14.8. The maximum Gasteiger partial charge on any atom is 0.322 e. The number of halogens is 1. The van der Waals surface area contributed by atoms with Crippen molar-refractivity contribution in [3.05, 3.63) is 29.0 Å². The predicted molar refractivity (Wildman–Crippen MR) is 76.1 cm³/mol. The summed E-state index contributed by atoms with van der Waals surface area (Å²) in [6.07, 6.45) is 0. The Balaban J connectivity index is 1.73.